The number of hydrogen-bond acceptors (Lipinski definition) is 5. The van der Waals surface area contributed by atoms with Crippen molar-refractivity contribution in [3.63, 3.8) is 0 Å². The molecule has 0 radical (unpaired) electrons. The van der Waals surface area contributed by atoms with Crippen LogP contribution in [0.1, 0.15) is 62.8 Å². The summed E-state index contributed by atoms with van der Waals surface area (Å²) in [5.41, 5.74) is 0.749. The minimum absolute atomic E-state index is 0.0471. The molecule has 2 amide bonds. The number of nitrogens with zero attached hydrogens (tertiary/aromatic N) is 2. The molecule has 1 unspecified atom stereocenters. The van der Waals surface area contributed by atoms with Gasteiger partial charge in [0.2, 0.25) is 0 Å². The maximum Gasteiger partial charge on any atom is 0.282 e. The van der Waals surface area contributed by atoms with E-state index >= 15 is 0 Å². The van der Waals surface area contributed by atoms with Crippen LogP contribution in [0.4, 0.5) is 5.69 Å². The number of nitro benzene ring substituents is 1. The largest absolute Gasteiger partial charge is 0.292 e. The highest BCUT2D eigenvalue weighted by Crippen LogP contribution is 2.30. The van der Waals surface area contributed by atoms with Gasteiger partial charge < -0.3 is 0 Å². The molecular weight excluding hydrogens is 348 g/mol. The quantitative estimate of drug-likeness (QED) is 0.337. The minimum Gasteiger partial charge on any atom is -0.292 e. The number of imide groups is 1. The van der Waals surface area contributed by atoms with Gasteiger partial charge in [-0.2, -0.15) is 0 Å². The Kier molecular flexibility index (Phi) is 4.85. The third-order valence-corrected chi connectivity index (χ3v) is 4.89. The Bertz CT molecular complexity index is 949. The standard InChI is InChI=1S/C20H18N2O5/c1-3-12(2)13-7-9-14(10-8-13)17(23)11-21-19(24)15-5-4-6-16(22(26)27)18(15)20(21)25/h4-10,12H,3,11H2,1-2H3. The van der Waals surface area contributed by atoms with E-state index in [0.717, 1.165) is 16.9 Å². The van der Waals surface area contributed by atoms with Crippen molar-refractivity contribution in [1.29, 1.82) is 0 Å². The van der Waals surface area contributed by atoms with Crippen molar-refractivity contribution >= 4 is 23.3 Å². The Morgan fingerprint density at radius 1 is 1.11 bits per heavy atom. The van der Waals surface area contributed by atoms with E-state index < -0.39 is 34.8 Å². The van der Waals surface area contributed by atoms with Gasteiger partial charge >= 0.3 is 0 Å². The zero-order valence-electron chi connectivity index (χ0n) is 15.0. The fraction of sp³-hybridized carbons (Fsp3) is 0.250. The fourth-order valence-electron chi connectivity index (χ4n) is 3.08. The first-order valence-corrected chi connectivity index (χ1v) is 8.61. The average Bonchev–Trinajstić information content (AvgIpc) is 2.92. The van der Waals surface area contributed by atoms with E-state index in [0.29, 0.717) is 11.5 Å². The van der Waals surface area contributed by atoms with Crippen molar-refractivity contribution in [2.75, 3.05) is 6.54 Å². The maximum atomic E-state index is 12.5. The van der Waals surface area contributed by atoms with Gasteiger partial charge in [-0.05, 0) is 24.0 Å². The molecule has 1 atom stereocenters. The average molecular weight is 366 g/mol. The highest BCUT2D eigenvalue weighted by atomic mass is 16.6. The Morgan fingerprint density at radius 2 is 1.78 bits per heavy atom. The third kappa shape index (κ3) is 3.23. The lowest BCUT2D eigenvalue weighted by atomic mass is 9.97. The van der Waals surface area contributed by atoms with Crippen molar-refractivity contribution in [2.24, 2.45) is 0 Å². The lowest BCUT2D eigenvalue weighted by molar-refractivity contribution is -0.385. The van der Waals surface area contributed by atoms with E-state index in [1.165, 1.54) is 18.2 Å². The summed E-state index contributed by atoms with van der Waals surface area (Å²) < 4.78 is 0. The van der Waals surface area contributed by atoms with Gasteiger partial charge in [0.15, 0.2) is 5.78 Å². The number of Topliss-reactive ketones (excluding diaryl/α,β-unsaturated/α-hetero) is 1. The number of nitro groups is 1. The maximum absolute atomic E-state index is 12.5. The van der Waals surface area contributed by atoms with Crippen molar-refractivity contribution in [3.8, 4) is 0 Å². The first-order valence-electron chi connectivity index (χ1n) is 8.61. The predicted octanol–water partition coefficient (Wildman–Crippen LogP) is 3.59. The molecule has 2 aromatic rings. The Morgan fingerprint density at radius 3 is 2.37 bits per heavy atom. The number of benzene rings is 2. The molecule has 0 aromatic heterocycles. The third-order valence-electron chi connectivity index (χ3n) is 4.89. The number of carbonyl (C=O) groups is 3. The summed E-state index contributed by atoms with van der Waals surface area (Å²) in [5, 5.41) is 11.1. The monoisotopic (exact) mass is 366 g/mol. The van der Waals surface area contributed by atoms with Crippen LogP contribution in [0.5, 0.6) is 0 Å². The molecule has 2 aromatic carbocycles. The SMILES string of the molecule is CCC(C)c1ccc(C(=O)CN2C(=O)c3cccc([N+](=O)[O-])c3C2=O)cc1. The topological polar surface area (TPSA) is 97.6 Å². The van der Waals surface area contributed by atoms with Gasteiger partial charge in [0.05, 0.1) is 17.0 Å². The summed E-state index contributed by atoms with van der Waals surface area (Å²) in [6.45, 7) is 3.71. The molecule has 0 bridgehead atoms. The van der Waals surface area contributed by atoms with Gasteiger partial charge in [-0.3, -0.25) is 29.4 Å². The molecule has 7 nitrogen and oxygen atoms in total. The summed E-state index contributed by atoms with van der Waals surface area (Å²) in [4.78, 5) is 48.7. The van der Waals surface area contributed by atoms with E-state index in [2.05, 4.69) is 13.8 Å². The van der Waals surface area contributed by atoms with E-state index in [1.54, 1.807) is 12.1 Å². The number of ketones is 1. The molecule has 0 fully saturated rings. The zero-order chi connectivity index (χ0) is 19.7. The van der Waals surface area contributed by atoms with Gasteiger partial charge in [0.1, 0.15) is 5.56 Å². The van der Waals surface area contributed by atoms with Crippen LogP contribution in [0.2, 0.25) is 0 Å². The van der Waals surface area contributed by atoms with Crippen LogP contribution in [0.3, 0.4) is 0 Å². The number of carbonyl (C=O) groups excluding carboxylic acids is 3. The number of rotatable bonds is 6. The van der Waals surface area contributed by atoms with Crippen LogP contribution in [0.15, 0.2) is 42.5 Å². The molecule has 1 heterocycles. The molecule has 1 aliphatic heterocycles. The van der Waals surface area contributed by atoms with E-state index in [-0.39, 0.29) is 11.1 Å². The minimum atomic E-state index is -0.813. The smallest absolute Gasteiger partial charge is 0.282 e. The van der Waals surface area contributed by atoms with E-state index in [1.807, 2.05) is 12.1 Å². The van der Waals surface area contributed by atoms with Gasteiger partial charge in [-0.1, -0.05) is 44.2 Å². The highest BCUT2D eigenvalue weighted by molar-refractivity contribution is 6.24. The van der Waals surface area contributed by atoms with Gasteiger partial charge in [-0.25, -0.2) is 0 Å². The summed E-state index contributed by atoms with van der Waals surface area (Å²) in [5.74, 6) is -1.54. The lowest BCUT2D eigenvalue weighted by Crippen LogP contribution is -2.35. The summed E-state index contributed by atoms with van der Waals surface area (Å²) >= 11 is 0. The molecule has 1 aliphatic rings. The molecule has 0 spiro atoms. The van der Waals surface area contributed by atoms with Crippen molar-refractivity contribution in [1.82, 2.24) is 4.90 Å². The molecule has 27 heavy (non-hydrogen) atoms. The van der Waals surface area contributed by atoms with Crippen LogP contribution in [-0.4, -0.2) is 34.0 Å². The van der Waals surface area contributed by atoms with Gasteiger partial charge in [-0.15, -0.1) is 0 Å². The molecule has 3 rings (SSSR count). The second-order valence-electron chi connectivity index (χ2n) is 6.51. The van der Waals surface area contributed by atoms with E-state index in [9.17, 15) is 24.5 Å². The Hall–Kier alpha value is -3.35. The molecule has 0 aliphatic carbocycles. The summed E-state index contributed by atoms with van der Waals surface area (Å²) in [6.07, 6.45) is 0.973. The van der Waals surface area contributed by atoms with Crippen LogP contribution in [0, 0.1) is 10.1 Å². The van der Waals surface area contributed by atoms with Gasteiger partial charge in [0, 0.05) is 11.6 Å². The molecule has 0 saturated heterocycles. The number of fused-ring (bicyclic) bond motifs is 1. The van der Waals surface area contributed by atoms with Crippen LogP contribution >= 0.6 is 0 Å². The summed E-state index contributed by atoms with van der Waals surface area (Å²) in [6, 6.07) is 10.9. The molecule has 0 N–H and O–H groups in total. The first-order chi connectivity index (χ1) is 12.8. The molecule has 138 valence electrons. The molecule has 0 saturated carbocycles. The second-order valence-corrected chi connectivity index (χ2v) is 6.51. The van der Waals surface area contributed by atoms with Crippen LogP contribution in [0.25, 0.3) is 0 Å². The van der Waals surface area contributed by atoms with Crippen LogP contribution < -0.4 is 0 Å². The van der Waals surface area contributed by atoms with Crippen LogP contribution in [-0.2, 0) is 0 Å². The first kappa shape index (κ1) is 18.4. The number of amides is 2. The Labute approximate surface area is 155 Å². The normalized spacial score (nSPS) is 14.2. The van der Waals surface area contributed by atoms with Gasteiger partial charge in [0.25, 0.3) is 17.5 Å². The number of hydrogen-bond donors (Lipinski definition) is 0. The van der Waals surface area contributed by atoms with Crippen molar-refractivity contribution in [2.45, 2.75) is 26.2 Å². The highest BCUT2D eigenvalue weighted by Gasteiger charge is 2.41. The van der Waals surface area contributed by atoms with E-state index in [4.69, 9.17) is 0 Å². The Balaban J connectivity index is 1.83. The fourth-order valence-corrected chi connectivity index (χ4v) is 3.08. The van der Waals surface area contributed by atoms with Crippen molar-refractivity contribution in [3.05, 3.63) is 74.8 Å². The predicted molar refractivity (Wildman–Crippen MR) is 97.9 cm³/mol. The summed E-state index contributed by atoms with van der Waals surface area (Å²) in [7, 11) is 0. The van der Waals surface area contributed by atoms with Crippen molar-refractivity contribution < 1.29 is 19.3 Å². The molecule has 7 heteroatoms. The zero-order valence-corrected chi connectivity index (χ0v) is 15.0. The molecular formula is C20H18N2O5. The lowest BCUT2D eigenvalue weighted by Gasteiger charge is -2.13. The second kappa shape index (κ2) is 7.11.